The van der Waals surface area contributed by atoms with E-state index in [4.69, 9.17) is 4.65 Å². The first-order chi connectivity index (χ1) is 26.2. The summed E-state index contributed by atoms with van der Waals surface area (Å²) in [5.74, 6) is 0.401. The second-order valence-electron chi connectivity index (χ2n) is 15.7. The molecular weight excluding hydrogens is 695 g/mol. The summed E-state index contributed by atoms with van der Waals surface area (Å²) in [6, 6.07) is 0. The molecular formula is C35H81B6N7O7. The van der Waals surface area contributed by atoms with Gasteiger partial charge in [-0.3, -0.25) is 0 Å². The molecule has 0 spiro atoms. The zero-order chi connectivity index (χ0) is 41.4. The first kappa shape index (κ1) is 54.1. The number of unbranched alkanes of at least 4 members (excludes halogenated alkanes) is 6. The van der Waals surface area contributed by atoms with Crippen LogP contribution in [0.1, 0.15) is 96.8 Å². The van der Waals surface area contributed by atoms with Crippen LogP contribution in [0.25, 0.3) is 0 Å². The zero-order valence-electron chi connectivity index (χ0n) is 36.5. The summed E-state index contributed by atoms with van der Waals surface area (Å²) >= 11 is 0. The van der Waals surface area contributed by atoms with Gasteiger partial charge in [-0.05, 0) is 33.7 Å². The Balaban J connectivity index is 4.89. The van der Waals surface area contributed by atoms with Crippen LogP contribution >= 0.6 is 0 Å². The van der Waals surface area contributed by atoms with Crippen molar-refractivity contribution >= 4 is 48.4 Å². The third kappa shape index (κ3) is 30.8. The summed E-state index contributed by atoms with van der Waals surface area (Å²) in [4.78, 5) is 26.5. The van der Waals surface area contributed by atoms with E-state index in [0.717, 1.165) is 142 Å². The Morgan fingerprint density at radius 3 is 1.62 bits per heavy atom. The summed E-state index contributed by atoms with van der Waals surface area (Å²) in [5, 5.41) is 53.6. The third-order valence-corrected chi connectivity index (χ3v) is 10.5. The summed E-state index contributed by atoms with van der Waals surface area (Å²) in [5.41, 5.74) is 0. The molecule has 1 unspecified atom stereocenters. The van der Waals surface area contributed by atoms with Crippen molar-refractivity contribution in [2.24, 2.45) is 10.8 Å². The summed E-state index contributed by atoms with van der Waals surface area (Å²) < 4.78 is 5.76. The number of amides is 1. The number of nitrogens with one attached hydrogen (secondary N) is 1. The van der Waals surface area contributed by atoms with Crippen LogP contribution < -0.4 is 5.32 Å². The zero-order valence-corrected chi connectivity index (χ0v) is 36.5. The SMILES string of the molecule is CCCC(=O)NCCCCCCC(CN=BOCCCCCN(CCCN(C)B(C)O)B(C)O)CN(CCCCN(CCCN(C)B(C)O)B(C)O)B(C)O. The fourth-order valence-electron chi connectivity index (χ4n) is 6.45. The van der Waals surface area contributed by atoms with Gasteiger partial charge < -0.3 is 14.9 Å². The molecule has 0 radical (unpaired) electrons. The second-order valence-corrected chi connectivity index (χ2v) is 15.7. The van der Waals surface area contributed by atoms with Crippen LogP contribution in [-0.2, 0) is 9.45 Å². The molecule has 0 aromatic rings. The summed E-state index contributed by atoms with van der Waals surface area (Å²) in [6.07, 6.45) is 13.1. The van der Waals surface area contributed by atoms with Gasteiger partial charge in [-0.1, -0.05) is 6.92 Å². The van der Waals surface area contributed by atoms with Gasteiger partial charge in [0.15, 0.2) is 0 Å². The number of nitrogens with zero attached hydrogens (tertiary/aromatic N) is 6. The van der Waals surface area contributed by atoms with Gasteiger partial charge >= 0.3 is 285 Å². The molecule has 0 saturated carbocycles. The van der Waals surface area contributed by atoms with E-state index in [2.05, 4.69) is 24.6 Å². The van der Waals surface area contributed by atoms with Crippen molar-refractivity contribution in [1.29, 1.82) is 0 Å². The molecule has 20 heteroatoms. The molecule has 14 nitrogen and oxygen atoms in total. The van der Waals surface area contributed by atoms with Gasteiger partial charge in [0, 0.05) is 0 Å². The standard InChI is InChI=1S/C35H81B6N7O7/c1-9-21-35(49)42-23-14-11-10-13-22-34(32-43-36-55-31-18-12-15-26-46(39(4)52)29-19-24-44(7)37(2)50)33-48(41(6)54)28-17-16-27-47(40(5)53)30-20-25-45(8)38(3)51/h34,50-54H,9-33H2,1-8H3,(H,42,49). The minimum absolute atomic E-state index is 0.132. The van der Waals surface area contributed by atoms with Crippen molar-refractivity contribution in [3.63, 3.8) is 0 Å². The van der Waals surface area contributed by atoms with Crippen LogP contribution in [-0.4, -0.2) is 184 Å². The molecule has 55 heavy (non-hydrogen) atoms. The number of hydrogen-bond donors (Lipinski definition) is 6. The maximum atomic E-state index is 11.7. The van der Waals surface area contributed by atoms with Crippen molar-refractivity contribution in [3.05, 3.63) is 0 Å². The fraction of sp³-hybridized carbons (Fsp3) is 0.971. The molecule has 0 bridgehead atoms. The van der Waals surface area contributed by atoms with Gasteiger partial charge in [-0.2, -0.15) is 0 Å². The minimum atomic E-state index is -0.575. The van der Waals surface area contributed by atoms with Crippen LogP contribution in [0.5, 0.6) is 0 Å². The number of hydrogen-bond acceptors (Lipinski definition) is 13. The van der Waals surface area contributed by atoms with Crippen LogP contribution in [0.4, 0.5) is 0 Å². The molecule has 0 aromatic carbocycles. The second kappa shape index (κ2) is 35.0. The van der Waals surface area contributed by atoms with Gasteiger partial charge in [0.25, 0.3) is 0 Å². The average Bonchev–Trinajstić information content (AvgIpc) is 3.12. The molecule has 6 N–H and O–H groups in total. The van der Waals surface area contributed by atoms with E-state index < -0.39 is 35.3 Å². The third-order valence-electron chi connectivity index (χ3n) is 10.5. The van der Waals surface area contributed by atoms with Crippen molar-refractivity contribution in [2.45, 2.75) is 131 Å². The average molecular weight is 777 g/mol. The van der Waals surface area contributed by atoms with Crippen LogP contribution in [0.15, 0.2) is 4.90 Å². The molecule has 0 rings (SSSR count). The van der Waals surface area contributed by atoms with Gasteiger partial charge in [0.1, 0.15) is 0 Å². The molecule has 1 atom stereocenters. The van der Waals surface area contributed by atoms with E-state index in [1.54, 1.807) is 34.6 Å². The van der Waals surface area contributed by atoms with Crippen LogP contribution in [0.3, 0.4) is 0 Å². The van der Waals surface area contributed by atoms with Crippen LogP contribution in [0, 0.1) is 5.92 Å². The molecule has 0 aromatic heterocycles. The van der Waals surface area contributed by atoms with Gasteiger partial charge in [0.05, 0.1) is 0 Å². The van der Waals surface area contributed by atoms with Gasteiger partial charge in [0.2, 0.25) is 0 Å². The van der Waals surface area contributed by atoms with Crippen molar-refractivity contribution < 1.29 is 34.6 Å². The molecule has 0 aliphatic carbocycles. The molecule has 0 saturated heterocycles. The quantitative estimate of drug-likeness (QED) is 0.0401. The summed E-state index contributed by atoms with van der Waals surface area (Å²) in [7, 11) is 2.81. The molecule has 0 heterocycles. The van der Waals surface area contributed by atoms with E-state index in [-0.39, 0.29) is 11.8 Å². The fourth-order valence-corrected chi connectivity index (χ4v) is 6.45. The molecule has 0 aliphatic heterocycles. The van der Waals surface area contributed by atoms with E-state index in [9.17, 15) is 29.9 Å². The van der Waals surface area contributed by atoms with Crippen LogP contribution in [0.2, 0.25) is 34.1 Å². The number of carbonyl (C=O) groups is 1. The van der Waals surface area contributed by atoms with Gasteiger partial charge in [-0.15, -0.1) is 0 Å². The number of carbonyl (C=O) groups excluding carboxylic acids is 1. The van der Waals surface area contributed by atoms with Gasteiger partial charge in [-0.25, -0.2) is 0 Å². The first-order valence-electron chi connectivity index (χ1n) is 21.6. The van der Waals surface area contributed by atoms with E-state index in [1.807, 2.05) is 37.5 Å². The Morgan fingerprint density at radius 1 is 0.636 bits per heavy atom. The molecule has 1 amide bonds. The summed E-state index contributed by atoms with van der Waals surface area (Å²) in [6.45, 7) is 19.1. The van der Waals surface area contributed by atoms with E-state index in [0.29, 0.717) is 19.6 Å². The Morgan fingerprint density at radius 2 is 1.11 bits per heavy atom. The molecule has 0 fully saturated rings. The Bertz CT molecular complexity index is 939. The van der Waals surface area contributed by atoms with Crippen molar-refractivity contribution in [3.8, 4) is 0 Å². The van der Waals surface area contributed by atoms with E-state index in [1.165, 1.54) is 0 Å². The predicted molar refractivity (Wildman–Crippen MR) is 235 cm³/mol. The van der Waals surface area contributed by atoms with Crippen molar-refractivity contribution in [2.75, 3.05) is 86.1 Å². The Hall–Kier alpha value is -0.940. The van der Waals surface area contributed by atoms with Crippen molar-refractivity contribution in [1.82, 2.24) is 29.4 Å². The topological polar surface area (TPSA) is 168 Å². The predicted octanol–water partition coefficient (Wildman–Crippen LogP) is 2.34. The molecule has 0 aliphatic rings. The Labute approximate surface area is 339 Å². The maximum absolute atomic E-state index is 11.7. The molecule has 316 valence electrons. The first-order valence-corrected chi connectivity index (χ1v) is 21.6. The normalized spacial score (nSPS) is 12.3. The Kier molecular flexibility index (Phi) is 34.4. The number of rotatable bonds is 38. The van der Waals surface area contributed by atoms with E-state index >= 15 is 0 Å². The monoisotopic (exact) mass is 778 g/mol.